The minimum absolute atomic E-state index is 0.147. The van der Waals surface area contributed by atoms with Gasteiger partial charge in [-0.3, -0.25) is 4.79 Å². The lowest BCUT2D eigenvalue weighted by Gasteiger charge is -1.92. The monoisotopic (exact) mass is 162 g/mol. The minimum Gasteiger partial charge on any atom is -0.476 e. The molecule has 0 fully saturated rings. The van der Waals surface area contributed by atoms with Crippen molar-refractivity contribution < 1.29 is 14.7 Å². The molecule has 3 nitrogen and oxygen atoms in total. The van der Waals surface area contributed by atoms with E-state index in [-0.39, 0.29) is 6.42 Å². The van der Waals surface area contributed by atoms with Crippen molar-refractivity contribution in [3.8, 4) is 0 Å². The predicted molar refractivity (Wildman–Crippen MR) is 40.3 cm³/mol. The zero-order valence-corrected chi connectivity index (χ0v) is 6.61. The molecule has 0 aliphatic rings. The molecule has 0 aliphatic carbocycles. The average molecular weight is 162 g/mol. The van der Waals surface area contributed by atoms with Gasteiger partial charge in [0.15, 0.2) is 0 Å². The molecule has 4 heteroatoms. The molecule has 0 spiro atoms. The van der Waals surface area contributed by atoms with Gasteiger partial charge < -0.3 is 5.11 Å². The van der Waals surface area contributed by atoms with Crippen LogP contribution < -0.4 is 0 Å². The Balaban J connectivity index is 3.31. The Labute approximate surface area is 63.8 Å². The number of carbonyl (C=O) groups excluding carboxylic acids is 1. The second-order valence-corrected chi connectivity index (χ2v) is 3.07. The SMILES string of the molecule is CCSCCC(=O)C(=O)O. The van der Waals surface area contributed by atoms with Crippen LogP contribution >= 0.6 is 11.8 Å². The Hall–Kier alpha value is -0.510. The van der Waals surface area contributed by atoms with E-state index >= 15 is 0 Å². The van der Waals surface area contributed by atoms with Crippen molar-refractivity contribution in [2.24, 2.45) is 0 Å². The summed E-state index contributed by atoms with van der Waals surface area (Å²) in [5.74, 6) is -0.480. The van der Waals surface area contributed by atoms with Crippen molar-refractivity contribution in [1.82, 2.24) is 0 Å². The summed E-state index contributed by atoms with van der Waals surface area (Å²) in [7, 11) is 0. The molecule has 0 radical (unpaired) electrons. The van der Waals surface area contributed by atoms with Crippen LogP contribution in [-0.4, -0.2) is 28.4 Å². The second kappa shape index (κ2) is 5.29. The number of rotatable bonds is 5. The Morgan fingerprint density at radius 3 is 2.50 bits per heavy atom. The fraction of sp³-hybridized carbons (Fsp3) is 0.667. The Morgan fingerprint density at radius 1 is 1.50 bits per heavy atom. The van der Waals surface area contributed by atoms with Crippen molar-refractivity contribution in [3.05, 3.63) is 0 Å². The summed E-state index contributed by atoms with van der Waals surface area (Å²) in [6.45, 7) is 1.97. The highest BCUT2D eigenvalue weighted by molar-refractivity contribution is 7.99. The summed E-state index contributed by atoms with van der Waals surface area (Å²) in [6.07, 6.45) is 0.147. The molecule has 0 rings (SSSR count). The van der Waals surface area contributed by atoms with E-state index in [0.29, 0.717) is 5.75 Å². The Bertz CT molecular complexity index is 133. The third kappa shape index (κ3) is 4.38. The fourth-order valence-electron chi connectivity index (χ4n) is 0.416. The summed E-state index contributed by atoms with van der Waals surface area (Å²) in [5, 5.41) is 8.12. The van der Waals surface area contributed by atoms with Gasteiger partial charge in [0.2, 0.25) is 5.78 Å². The number of carbonyl (C=O) groups is 2. The van der Waals surface area contributed by atoms with Gasteiger partial charge in [0.25, 0.3) is 0 Å². The standard InChI is InChI=1S/C6H10O3S/c1-2-10-4-3-5(7)6(8)9/h2-4H2,1H3,(H,8,9). The largest absolute Gasteiger partial charge is 0.476 e. The summed E-state index contributed by atoms with van der Waals surface area (Å²) < 4.78 is 0. The molecule has 58 valence electrons. The van der Waals surface area contributed by atoms with Crippen LogP contribution in [-0.2, 0) is 9.59 Å². The van der Waals surface area contributed by atoms with E-state index < -0.39 is 11.8 Å². The number of ketones is 1. The fourth-order valence-corrected chi connectivity index (χ4v) is 1.03. The molecule has 0 aromatic carbocycles. The van der Waals surface area contributed by atoms with Crippen LogP contribution in [0, 0.1) is 0 Å². The summed E-state index contributed by atoms with van der Waals surface area (Å²) >= 11 is 1.57. The predicted octanol–water partition coefficient (Wildman–Crippen LogP) is 0.783. The molecule has 0 amide bonds. The summed E-state index contributed by atoms with van der Waals surface area (Å²) in [5.41, 5.74) is 0. The van der Waals surface area contributed by atoms with Gasteiger partial charge >= 0.3 is 5.97 Å². The lowest BCUT2D eigenvalue weighted by Crippen LogP contribution is -2.12. The van der Waals surface area contributed by atoms with Gasteiger partial charge in [-0.05, 0) is 5.75 Å². The molecule has 0 bridgehead atoms. The molecular weight excluding hydrogens is 152 g/mol. The smallest absolute Gasteiger partial charge is 0.372 e. The maximum Gasteiger partial charge on any atom is 0.372 e. The van der Waals surface area contributed by atoms with Crippen LogP contribution in [0.2, 0.25) is 0 Å². The van der Waals surface area contributed by atoms with Crippen LogP contribution in [0.5, 0.6) is 0 Å². The quantitative estimate of drug-likeness (QED) is 0.479. The number of aliphatic carboxylic acids is 1. The maximum atomic E-state index is 10.4. The number of thioether (sulfide) groups is 1. The van der Waals surface area contributed by atoms with Crippen LogP contribution in [0.25, 0.3) is 0 Å². The van der Waals surface area contributed by atoms with Gasteiger partial charge in [0.1, 0.15) is 0 Å². The van der Waals surface area contributed by atoms with Crippen molar-refractivity contribution >= 4 is 23.5 Å². The van der Waals surface area contributed by atoms with E-state index in [1.54, 1.807) is 11.8 Å². The molecule has 0 aromatic heterocycles. The van der Waals surface area contributed by atoms with E-state index in [1.165, 1.54) is 0 Å². The van der Waals surface area contributed by atoms with E-state index in [0.717, 1.165) is 5.75 Å². The first-order valence-electron chi connectivity index (χ1n) is 3.02. The second-order valence-electron chi connectivity index (χ2n) is 1.68. The van der Waals surface area contributed by atoms with Gasteiger partial charge in [-0.15, -0.1) is 0 Å². The van der Waals surface area contributed by atoms with Gasteiger partial charge in [-0.25, -0.2) is 4.79 Å². The molecule has 0 aromatic rings. The highest BCUT2D eigenvalue weighted by Crippen LogP contribution is 2.00. The number of carboxylic acids is 1. The van der Waals surface area contributed by atoms with E-state index in [2.05, 4.69) is 0 Å². The van der Waals surface area contributed by atoms with Crippen molar-refractivity contribution in [2.45, 2.75) is 13.3 Å². The zero-order valence-electron chi connectivity index (χ0n) is 5.79. The lowest BCUT2D eigenvalue weighted by atomic mass is 10.3. The van der Waals surface area contributed by atoms with Gasteiger partial charge in [-0.1, -0.05) is 6.92 Å². The highest BCUT2D eigenvalue weighted by atomic mass is 32.2. The summed E-state index contributed by atoms with van der Waals surface area (Å²) in [6, 6.07) is 0. The molecular formula is C6H10O3S. The molecule has 0 atom stereocenters. The van der Waals surface area contributed by atoms with E-state index in [4.69, 9.17) is 5.11 Å². The molecule has 0 heterocycles. The van der Waals surface area contributed by atoms with E-state index in [1.807, 2.05) is 6.92 Å². The summed E-state index contributed by atoms with van der Waals surface area (Å²) in [4.78, 5) is 20.3. The molecule has 0 saturated heterocycles. The van der Waals surface area contributed by atoms with Gasteiger partial charge in [-0.2, -0.15) is 11.8 Å². The first-order chi connectivity index (χ1) is 4.68. The van der Waals surface area contributed by atoms with Crippen molar-refractivity contribution in [2.75, 3.05) is 11.5 Å². The van der Waals surface area contributed by atoms with Crippen LogP contribution in [0.1, 0.15) is 13.3 Å². The third-order valence-electron chi connectivity index (χ3n) is 0.916. The molecule has 0 unspecified atom stereocenters. The van der Waals surface area contributed by atoms with Crippen molar-refractivity contribution in [1.29, 1.82) is 0 Å². The van der Waals surface area contributed by atoms with E-state index in [9.17, 15) is 9.59 Å². The van der Waals surface area contributed by atoms with Crippen molar-refractivity contribution in [3.63, 3.8) is 0 Å². The third-order valence-corrected chi connectivity index (χ3v) is 1.82. The van der Waals surface area contributed by atoms with Crippen LogP contribution in [0.3, 0.4) is 0 Å². The number of carboxylic acid groups (broad SMARTS) is 1. The highest BCUT2D eigenvalue weighted by Gasteiger charge is 2.09. The van der Waals surface area contributed by atoms with Crippen LogP contribution in [0.15, 0.2) is 0 Å². The Morgan fingerprint density at radius 2 is 2.10 bits per heavy atom. The van der Waals surface area contributed by atoms with Crippen LogP contribution in [0.4, 0.5) is 0 Å². The van der Waals surface area contributed by atoms with Gasteiger partial charge in [0, 0.05) is 12.2 Å². The number of hydrogen-bond donors (Lipinski definition) is 1. The minimum atomic E-state index is -1.32. The molecule has 0 saturated carbocycles. The lowest BCUT2D eigenvalue weighted by molar-refractivity contribution is -0.148. The number of Topliss-reactive ketones (excluding diaryl/α,β-unsaturated/α-hetero) is 1. The zero-order chi connectivity index (χ0) is 7.98. The Kier molecular flexibility index (Phi) is 5.02. The normalized spacial score (nSPS) is 9.30. The number of hydrogen-bond acceptors (Lipinski definition) is 3. The molecule has 10 heavy (non-hydrogen) atoms. The average Bonchev–Trinajstić information content (AvgIpc) is 1.88. The topological polar surface area (TPSA) is 54.4 Å². The van der Waals surface area contributed by atoms with Gasteiger partial charge in [0.05, 0.1) is 0 Å². The first kappa shape index (κ1) is 9.49. The molecule has 0 aliphatic heterocycles. The maximum absolute atomic E-state index is 10.4. The molecule has 1 N–H and O–H groups in total. The first-order valence-corrected chi connectivity index (χ1v) is 4.17.